The van der Waals surface area contributed by atoms with E-state index in [9.17, 15) is 23.5 Å². The summed E-state index contributed by atoms with van der Waals surface area (Å²) in [7, 11) is 0. The van der Waals surface area contributed by atoms with Crippen molar-refractivity contribution in [2.75, 3.05) is 6.54 Å². The van der Waals surface area contributed by atoms with Gasteiger partial charge in [0.1, 0.15) is 4.88 Å². The van der Waals surface area contributed by atoms with Gasteiger partial charge in [0, 0.05) is 30.7 Å². The lowest BCUT2D eigenvalue weighted by molar-refractivity contribution is -0.148. The molecule has 1 fully saturated rings. The molecule has 2 rings (SSSR count). The molecule has 1 saturated heterocycles. The summed E-state index contributed by atoms with van der Waals surface area (Å²) in [6.45, 7) is 2.17. The molecular weight excluding hydrogens is 412 g/mol. The van der Waals surface area contributed by atoms with E-state index in [1.165, 1.54) is 18.2 Å². The van der Waals surface area contributed by atoms with E-state index < -0.39 is 36.4 Å². The Bertz CT molecular complexity index is 825. The summed E-state index contributed by atoms with van der Waals surface area (Å²) < 4.78 is 27.9. The van der Waals surface area contributed by atoms with E-state index in [0.717, 1.165) is 34.0 Å². The number of thiophene rings is 1. The number of likely N-dealkylation sites (tertiary alicyclic amines) is 1. The molecule has 2 unspecified atom stereocenters. The number of hydrogen-bond donors (Lipinski definition) is 2. The van der Waals surface area contributed by atoms with Crippen LogP contribution in [0.2, 0.25) is 0 Å². The summed E-state index contributed by atoms with van der Waals surface area (Å²) in [5, 5.41) is 19.0. The Hall–Kier alpha value is -2.24. The molecule has 1 aromatic heterocycles. The van der Waals surface area contributed by atoms with Gasteiger partial charge in [-0.05, 0) is 37.8 Å². The van der Waals surface area contributed by atoms with Crippen molar-refractivity contribution >= 4 is 23.2 Å². The van der Waals surface area contributed by atoms with E-state index in [0.29, 0.717) is 25.7 Å². The standard InChI is InChI=1S/C22H27F2NO4S/c1-2-3-4-5-6-8-17(26)11-10-16-15-22(23,24)21(29)25(16)14-7-9-18-12-13-19(30-18)20(27)28/h10-13,16-17,26H,2-3,6-9,14-15H2,1H3,(H,27,28). The number of carbonyl (C=O) groups excluding carboxylic acids is 1. The molecule has 164 valence electrons. The molecular formula is C22H27F2NO4S. The van der Waals surface area contributed by atoms with Crippen molar-refractivity contribution in [3.8, 4) is 11.8 Å². The zero-order valence-corrected chi connectivity index (χ0v) is 17.8. The van der Waals surface area contributed by atoms with Gasteiger partial charge in [0.15, 0.2) is 0 Å². The molecule has 8 heteroatoms. The van der Waals surface area contributed by atoms with Crippen molar-refractivity contribution in [2.24, 2.45) is 0 Å². The summed E-state index contributed by atoms with van der Waals surface area (Å²) in [5.41, 5.74) is 0. The maximum atomic E-state index is 14.0. The summed E-state index contributed by atoms with van der Waals surface area (Å²) in [6.07, 6.45) is 5.21. The Morgan fingerprint density at radius 1 is 1.40 bits per heavy atom. The Morgan fingerprint density at radius 3 is 2.80 bits per heavy atom. The van der Waals surface area contributed by atoms with Gasteiger partial charge in [-0.15, -0.1) is 23.2 Å². The number of hydrogen-bond acceptors (Lipinski definition) is 4. The number of halogens is 2. The molecule has 5 nitrogen and oxygen atoms in total. The molecule has 0 radical (unpaired) electrons. The lowest BCUT2D eigenvalue weighted by Crippen LogP contribution is -2.36. The van der Waals surface area contributed by atoms with Gasteiger partial charge >= 0.3 is 11.9 Å². The summed E-state index contributed by atoms with van der Waals surface area (Å²) in [4.78, 5) is 25.2. The number of alkyl halides is 2. The maximum Gasteiger partial charge on any atom is 0.345 e. The average molecular weight is 440 g/mol. The van der Waals surface area contributed by atoms with Crippen LogP contribution in [0.3, 0.4) is 0 Å². The molecule has 1 aliphatic heterocycles. The third-order valence-electron chi connectivity index (χ3n) is 4.75. The van der Waals surface area contributed by atoms with Crippen LogP contribution < -0.4 is 0 Å². The van der Waals surface area contributed by atoms with Crippen molar-refractivity contribution in [2.45, 2.75) is 69.9 Å². The van der Waals surface area contributed by atoms with Crippen LogP contribution in [0.4, 0.5) is 8.78 Å². The van der Waals surface area contributed by atoms with E-state index >= 15 is 0 Å². The van der Waals surface area contributed by atoms with Gasteiger partial charge in [-0.3, -0.25) is 4.79 Å². The Kier molecular flexibility index (Phi) is 9.00. The first-order valence-corrected chi connectivity index (χ1v) is 10.9. The van der Waals surface area contributed by atoms with Crippen LogP contribution in [0, 0.1) is 11.8 Å². The molecule has 1 aromatic rings. The minimum Gasteiger partial charge on any atom is -0.477 e. The van der Waals surface area contributed by atoms with Crippen molar-refractivity contribution in [3.05, 3.63) is 34.0 Å². The number of carboxylic acid groups (broad SMARTS) is 1. The minimum atomic E-state index is -3.41. The van der Waals surface area contributed by atoms with Crippen LogP contribution in [0.5, 0.6) is 0 Å². The van der Waals surface area contributed by atoms with E-state index in [-0.39, 0.29) is 11.4 Å². The molecule has 0 aromatic carbocycles. The lowest BCUT2D eigenvalue weighted by Gasteiger charge is -2.21. The van der Waals surface area contributed by atoms with E-state index in [1.54, 1.807) is 6.07 Å². The molecule has 0 spiro atoms. The fourth-order valence-electron chi connectivity index (χ4n) is 3.19. The first-order chi connectivity index (χ1) is 14.2. The predicted octanol–water partition coefficient (Wildman–Crippen LogP) is 4.12. The van der Waals surface area contributed by atoms with E-state index in [4.69, 9.17) is 5.11 Å². The number of carbonyl (C=O) groups is 2. The van der Waals surface area contributed by atoms with Gasteiger partial charge in [-0.2, -0.15) is 8.78 Å². The third kappa shape index (κ3) is 6.92. The highest BCUT2D eigenvalue weighted by Crippen LogP contribution is 2.34. The zero-order valence-electron chi connectivity index (χ0n) is 16.9. The van der Waals surface area contributed by atoms with Gasteiger partial charge in [-0.25, -0.2) is 4.79 Å². The number of aryl methyl sites for hydroxylation is 1. The predicted molar refractivity (Wildman–Crippen MR) is 112 cm³/mol. The van der Waals surface area contributed by atoms with Gasteiger partial charge in [0.25, 0.3) is 5.91 Å². The number of amides is 1. The quantitative estimate of drug-likeness (QED) is 0.425. The molecule has 30 heavy (non-hydrogen) atoms. The van der Waals surface area contributed by atoms with Crippen LogP contribution in [-0.2, 0) is 11.2 Å². The van der Waals surface area contributed by atoms with Gasteiger partial charge in [0.05, 0.1) is 12.1 Å². The maximum absolute atomic E-state index is 14.0. The second-order valence-electron chi connectivity index (χ2n) is 7.24. The van der Waals surface area contributed by atoms with E-state index in [2.05, 4.69) is 11.8 Å². The highest BCUT2D eigenvalue weighted by atomic mass is 32.1. The van der Waals surface area contributed by atoms with Crippen molar-refractivity contribution in [1.29, 1.82) is 0 Å². The van der Waals surface area contributed by atoms with Crippen LogP contribution in [-0.4, -0.2) is 51.6 Å². The third-order valence-corrected chi connectivity index (χ3v) is 5.89. The Morgan fingerprint density at radius 2 is 2.13 bits per heavy atom. The smallest absolute Gasteiger partial charge is 0.345 e. The number of aliphatic hydroxyl groups excluding tert-OH is 1. The number of carboxylic acids is 1. The Balaban J connectivity index is 1.90. The van der Waals surface area contributed by atoms with Crippen LogP contribution in [0.25, 0.3) is 0 Å². The van der Waals surface area contributed by atoms with Crippen molar-refractivity contribution < 1.29 is 28.6 Å². The fraction of sp³-hybridized carbons (Fsp3) is 0.545. The lowest BCUT2D eigenvalue weighted by atomic mass is 10.1. The van der Waals surface area contributed by atoms with E-state index in [1.807, 2.05) is 6.92 Å². The van der Waals surface area contributed by atoms with Crippen molar-refractivity contribution in [1.82, 2.24) is 4.90 Å². The van der Waals surface area contributed by atoms with Crippen LogP contribution >= 0.6 is 11.3 Å². The molecule has 1 amide bonds. The zero-order chi connectivity index (χ0) is 22.1. The highest BCUT2D eigenvalue weighted by Gasteiger charge is 2.52. The van der Waals surface area contributed by atoms with Crippen LogP contribution in [0.15, 0.2) is 24.3 Å². The van der Waals surface area contributed by atoms with Gasteiger partial charge < -0.3 is 15.1 Å². The number of aliphatic hydroxyl groups is 1. The fourth-order valence-corrected chi connectivity index (χ4v) is 4.07. The first kappa shape index (κ1) is 24.0. The summed E-state index contributed by atoms with van der Waals surface area (Å²) in [5.74, 6) is 0.338. The SMILES string of the molecule is CCCC#CCCC(O)C=CC1CC(F)(F)C(=O)N1CCCc1ccc(C(=O)O)s1. The Labute approximate surface area is 179 Å². The molecule has 0 saturated carbocycles. The van der Waals surface area contributed by atoms with Crippen molar-refractivity contribution in [3.63, 3.8) is 0 Å². The second kappa shape index (κ2) is 11.2. The molecule has 2 atom stereocenters. The monoisotopic (exact) mass is 439 g/mol. The normalized spacial score (nSPS) is 19.1. The number of rotatable bonds is 10. The van der Waals surface area contributed by atoms with Gasteiger partial charge in [0.2, 0.25) is 0 Å². The van der Waals surface area contributed by atoms with Gasteiger partial charge in [-0.1, -0.05) is 19.1 Å². The second-order valence-corrected chi connectivity index (χ2v) is 8.41. The molecule has 2 N–H and O–H groups in total. The number of unbranched alkanes of at least 4 members (excludes halogenated alkanes) is 1. The highest BCUT2D eigenvalue weighted by molar-refractivity contribution is 7.13. The largest absolute Gasteiger partial charge is 0.477 e. The topological polar surface area (TPSA) is 77.8 Å². The molecule has 2 heterocycles. The molecule has 1 aliphatic rings. The molecule has 0 bridgehead atoms. The summed E-state index contributed by atoms with van der Waals surface area (Å²) in [6, 6.07) is 2.44. The molecule has 0 aliphatic carbocycles. The first-order valence-electron chi connectivity index (χ1n) is 10.1. The summed E-state index contributed by atoms with van der Waals surface area (Å²) >= 11 is 1.14. The minimum absolute atomic E-state index is 0.141. The van der Waals surface area contributed by atoms with Crippen LogP contribution in [0.1, 0.15) is 60.0 Å². The average Bonchev–Trinajstić information content (AvgIpc) is 3.24. The number of nitrogens with zero attached hydrogens (tertiary/aromatic N) is 1. The number of aromatic carboxylic acids is 1.